The summed E-state index contributed by atoms with van der Waals surface area (Å²) in [6.45, 7) is 6.65. The van der Waals surface area contributed by atoms with Crippen molar-refractivity contribution in [1.29, 1.82) is 0 Å². The van der Waals surface area contributed by atoms with Gasteiger partial charge in [-0.1, -0.05) is 38.1 Å². The Labute approximate surface area is 174 Å². The second-order valence-corrected chi connectivity index (χ2v) is 6.52. The number of aromatic nitrogens is 2. The number of benzene rings is 2. The van der Waals surface area contributed by atoms with Gasteiger partial charge in [-0.05, 0) is 36.4 Å². The third-order valence-electron chi connectivity index (χ3n) is 4.32. The fourth-order valence-corrected chi connectivity index (χ4v) is 2.93. The molecular formula is C21H25BrFN3O2. The standard InChI is InChI=1S/C21H24FN3O2.BrH/c1-4-25(27-12-11-26)21-23-19(14(2)3)13-20(24-21)17-9-10-18(22)16-8-6-5-7-15(16)17;/h5-10,13-14,26H,4,11-12H2,1-3H3;1H. The lowest BCUT2D eigenvalue weighted by Gasteiger charge is -2.21. The Morgan fingerprint density at radius 1 is 1.11 bits per heavy atom. The molecule has 5 nitrogen and oxygen atoms in total. The van der Waals surface area contributed by atoms with E-state index in [9.17, 15) is 4.39 Å². The summed E-state index contributed by atoms with van der Waals surface area (Å²) in [5.74, 6) is 0.364. The minimum absolute atomic E-state index is 0. The highest BCUT2D eigenvalue weighted by Crippen LogP contribution is 2.31. The van der Waals surface area contributed by atoms with Gasteiger partial charge in [0.15, 0.2) is 0 Å². The average molecular weight is 450 g/mol. The number of aliphatic hydroxyl groups excluding tert-OH is 1. The predicted molar refractivity (Wildman–Crippen MR) is 115 cm³/mol. The van der Waals surface area contributed by atoms with Crippen molar-refractivity contribution in [2.24, 2.45) is 0 Å². The minimum atomic E-state index is -0.255. The van der Waals surface area contributed by atoms with Gasteiger partial charge in [0.1, 0.15) is 5.82 Å². The van der Waals surface area contributed by atoms with Gasteiger partial charge in [-0.15, -0.1) is 17.0 Å². The third kappa shape index (κ3) is 4.66. The summed E-state index contributed by atoms with van der Waals surface area (Å²) in [7, 11) is 0. The lowest BCUT2D eigenvalue weighted by Crippen LogP contribution is -2.27. The smallest absolute Gasteiger partial charge is 0.250 e. The molecule has 3 rings (SSSR count). The van der Waals surface area contributed by atoms with E-state index in [4.69, 9.17) is 9.94 Å². The molecule has 0 amide bonds. The van der Waals surface area contributed by atoms with Crippen molar-refractivity contribution in [2.75, 3.05) is 24.8 Å². The van der Waals surface area contributed by atoms with Gasteiger partial charge in [0.25, 0.3) is 5.95 Å². The normalized spacial score (nSPS) is 10.9. The first kappa shape index (κ1) is 22.2. The number of hydrogen-bond donors (Lipinski definition) is 1. The number of rotatable bonds is 7. The molecule has 0 aliphatic rings. The Bertz CT molecular complexity index is 937. The summed E-state index contributed by atoms with van der Waals surface area (Å²) in [6.07, 6.45) is 0. The van der Waals surface area contributed by atoms with Gasteiger partial charge in [-0.3, -0.25) is 4.84 Å². The van der Waals surface area contributed by atoms with Crippen molar-refractivity contribution in [1.82, 2.24) is 9.97 Å². The summed E-state index contributed by atoms with van der Waals surface area (Å²) in [4.78, 5) is 14.8. The molecule has 7 heteroatoms. The molecule has 0 radical (unpaired) electrons. The highest BCUT2D eigenvalue weighted by molar-refractivity contribution is 8.93. The first-order valence-electron chi connectivity index (χ1n) is 9.13. The molecule has 0 saturated carbocycles. The summed E-state index contributed by atoms with van der Waals surface area (Å²) >= 11 is 0. The van der Waals surface area contributed by atoms with Gasteiger partial charge in [0, 0.05) is 23.2 Å². The van der Waals surface area contributed by atoms with Gasteiger partial charge >= 0.3 is 0 Å². The highest BCUT2D eigenvalue weighted by Gasteiger charge is 2.16. The van der Waals surface area contributed by atoms with Crippen LogP contribution in [0.2, 0.25) is 0 Å². The Balaban J connectivity index is 0.00000280. The second-order valence-electron chi connectivity index (χ2n) is 6.52. The topological polar surface area (TPSA) is 58.5 Å². The number of anilines is 1. The van der Waals surface area contributed by atoms with Crippen LogP contribution < -0.4 is 5.06 Å². The summed E-state index contributed by atoms with van der Waals surface area (Å²) < 4.78 is 14.2. The Morgan fingerprint density at radius 3 is 2.46 bits per heavy atom. The van der Waals surface area contributed by atoms with E-state index < -0.39 is 0 Å². The van der Waals surface area contributed by atoms with E-state index in [0.29, 0.717) is 23.6 Å². The molecule has 1 N–H and O–H groups in total. The average Bonchev–Trinajstić information content (AvgIpc) is 2.69. The number of aliphatic hydroxyl groups is 1. The number of hydroxylamine groups is 1. The zero-order valence-electron chi connectivity index (χ0n) is 16.2. The van der Waals surface area contributed by atoms with Crippen LogP contribution in [-0.2, 0) is 4.84 Å². The van der Waals surface area contributed by atoms with Gasteiger partial charge < -0.3 is 5.11 Å². The molecule has 3 aromatic rings. The van der Waals surface area contributed by atoms with E-state index in [1.54, 1.807) is 17.2 Å². The molecule has 0 fully saturated rings. The van der Waals surface area contributed by atoms with E-state index in [1.165, 1.54) is 6.07 Å². The van der Waals surface area contributed by atoms with Crippen LogP contribution in [0, 0.1) is 5.82 Å². The molecule has 0 saturated heterocycles. The summed E-state index contributed by atoms with van der Waals surface area (Å²) in [6, 6.07) is 12.5. The first-order valence-corrected chi connectivity index (χ1v) is 9.13. The molecule has 150 valence electrons. The van der Waals surface area contributed by atoms with Crippen molar-refractivity contribution in [3.63, 3.8) is 0 Å². The van der Waals surface area contributed by atoms with Crippen molar-refractivity contribution in [3.8, 4) is 11.3 Å². The van der Waals surface area contributed by atoms with Crippen molar-refractivity contribution in [3.05, 3.63) is 54.0 Å². The zero-order valence-corrected chi connectivity index (χ0v) is 17.9. The van der Waals surface area contributed by atoms with Crippen LogP contribution >= 0.6 is 17.0 Å². The molecule has 0 aliphatic heterocycles. The molecule has 1 aromatic heterocycles. The van der Waals surface area contributed by atoms with Crippen molar-refractivity contribution >= 4 is 33.7 Å². The zero-order chi connectivity index (χ0) is 19.4. The summed E-state index contributed by atoms with van der Waals surface area (Å²) in [5.41, 5.74) is 2.43. The number of halogens is 2. The van der Waals surface area contributed by atoms with Crippen LogP contribution in [0.4, 0.5) is 10.3 Å². The maximum atomic E-state index is 14.2. The fraction of sp³-hybridized carbons (Fsp3) is 0.333. The van der Waals surface area contributed by atoms with Gasteiger partial charge in [0.05, 0.1) is 18.9 Å². The third-order valence-corrected chi connectivity index (χ3v) is 4.32. The van der Waals surface area contributed by atoms with E-state index in [-0.39, 0.29) is 41.9 Å². The van der Waals surface area contributed by atoms with E-state index in [1.807, 2.05) is 31.2 Å². The lowest BCUT2D eigenvalue weighted by molar-refractivity contribution is 0.0718. The monoisotopic (exact) mass is 449 g/mol. The molecular weight excluding hydrogens is 425 g/mol. The molecule has 0 bridgehead atoms. The molecule has 28 heavy (non-hydrogen) atoms. The Hall–Kier alpha value is -2.09. The summed E-state index contributed by atoms with van der Waals surface area (Å²) in [5, 5.41) is 12.0. The van der Waals surface area contributed by atoms with Gasteiger partial charge in [0.2, 0.25) is 0 Å². The molecule has 0 unspecified atom stereocenters. The van der Waals surface area contributed by atoms with Gasteiger partial charge in [-0.25, -0.2) is 19.4 Å². The lowest BCUT2D eigenvalue weighted by atomic mass is 10.00. The van der Waals surface area contributed by atoms with Gasteiger partial charge in [-0.2, -0.15) is 0 Å². The van der Waals surface area contributed by atoms with Crippen LogP contribution in [0.25, 0.3) is 22.0 Å². The number of nitrogens with zero attached hydrogens (tertiary/aromatic N) is 3. The minimum Gasteiger partial charge on any atom is -0.394 e. The van der Waals surface area contributed by atoms with Crippen LogP contribution in [0.1, 0.15) is 32.4 Å². The van der Waals surface area contributed by atoms with Crippen LogP contribution in [0.15, 0.2) is 42.5 Å². The number of hydrogen-bond acceptors (Lipinski definition) is 5. The van der Waals surface area contributed by atoms with Crippen LogP contribution in [0.3, 0.4) is 0 Å². The van der Waals surface area contributed by atoms with Crippen LogP contribution in [-0.4, -0.2) is 34.8 Å². The SMILES string of the molecule is Br.CCN(OCCO)c1nc(-c2ccc(F)c3ccccc23)cc(C(C)C)n1. The first-order chi connectivity index (χ1) is 13.0. The Morgan fingerprint density at radius 2 is 1.82 bits per heavy atom. The van der Waals surface area contributed by atoms with E-state index in [2.05, 4.69) is 23.8 Å². The van der Waals surface area contributed by atoms with E-state index in [0.717, 1.165) is 16.6 Å². The van der Waals surface area contributed by atoms with Crippen molar-refractivity contribution < 1.29 is 14.3 Å². The van der Waals surface area contributed by atoms with Crippen molar-refractivity contribution in [2.45, 2.75) is 26.7 Å². The van der Waals surface area contributed by atoms with E-state index >= 15 is 0 Å². The quantitative estimate of drug-likeness (QED) is 0.520. The van der Waals surface area contributed by atoms with Crippen LogP contribution in [0.5, 0.6) is 0 Å². The highest BCUT2D eigenvalue weighted by atomic mass is 79.9. The molecule has 0 atom stereocenters. The maximum Gasteiger partial charge on any atom is 0.250 e. The maximum absolute atomic E-state index is 14.2. The fourth-order valence-electron chi connectivity index (χ4n) is 2.93. The second kappa shape index (κ2) is 9.91. The molecule has 2 aromatic carbocycles. The molecule has 0 aliphatic carbocycles. The largest absolute Gasteiger partial charge is 0.394 e. The predicted octanol–water partition coefficient (Wildman–Crippen LogP) is 4.89. The Kier molecular flexibility index (Phi) is 7.86. The molecule has 1 heterocycles. The number of fused-ring (bicyclic) bond motifs is 1. The molecule has 0 spiro atoms.